The van der Waals surface area contributed by atoms with Crippen LogP contribution in [-0.2, 0) is 9.63 Å². The van der Waals surface area contributed by atoms with Gasteiger partial charge in [0.1, 0.15) is 5.75 Å². The molecule has 0 atom stereocenters. The Hall–Kier alpha value is -2.53. The van der Waals surface area contributed by atoms with E-state index in [9.17, 15) is 4.79 Å². The molecule has 0 aliphatic heterocycles. The molecule has 2 aromatic rings. The zero-order valence-electron chi connectivity index (χ0n) is 12.0. The van der Waals surface area contributed by atoms with Gasteiger partial charge in [-0.25, -0.2) is 0 Å². The fourth-order valence-corrected chi connectivity index (χ4v) is 1.80. The number of amides is 1. The van der Waals surface area contributed by atoms with Crippen molar-refractivity contribution in [2.45, 2.75) is 0 Å². The number of benzene rings is 2. The van der Waals surface area contributed by atoms with Crippen LogP contribution >= 0.6 is 11.6 Å². The van der Waals surface area contributed by atoms with Crippen LogP contribution in [0.5, 0.6) is 5.75 Å². The molecule has 2 aromatic carbocycles. The second kappa shape index (κ2) is 8.05. The van der Waals surface area contributed by atoms with Crippen LogP contribution in [0.2, 0.25) is 5.02 Å². The second-order valence-electron chi connectivity index (χ2n) is 4.31. The summed E-state index contributed by atoms with van der Waals surface area (Å²) in [6, 6.07) is 14.2. The van der Waals surface area contributed by atoms with Gasteiger partial charge < -0.3 is 14.9 Å². The quantitative estimate of drug-likeness (QED) is 0.656. The topological polar surface area (TPSA) is 59.9 Å². The van der Waals surface area contributed by atoms with Crippen molar-refractivity contribution in [2.24, 2.45) is 5.16 Å². The number of oxime groups is 1. The van der Waals surface area contributed by atoms with Gasteiger partial charge in [0, 0.05) is 5.02 Å². The zero-order valence-corrected chi connectivity index (χ0v) is 12.7. The average molecular weight is 319 g/mol. The highest BCUT2D eigenvalue weighted by atomic mass is 35.5. The minimum atomic E-state index is -0.322. The molecule has 5 nitrogen and oxygen atoms in total. The predicted octanol–water partition coefficient (Wildman–Crippen LogP) is 3.34. The molecule has 0 spiro atoms. The first-order chi connectivity index (χ1) is 10.7. The number of para-hydroxylation sites is 2. The number of carbonyl (C=O) groups excluding carboxylic acids is 1. The number of hydrogen-bond acceptors (Lipinski definition) is 4. The predicted molar refractivity (Wildman–Crippen MR) is 86.6 cm³/mol. The van der Waals surface area contributed by atoms with Gasteiger partial charge in [-0.05, 0) is 29.8 Å². The monoisotopic (exact) mass is 318 g/mol. The van der Waals surface area contributed by atoms with Crippen LogP contribution in [0.4, 0.5) is 5.69 Å². The van der Waals surface area contributed by atoms with Crippen LogP contribution < -0.4 is 10.1 Å². The van der Waals surface area contributed by atoms with Crippen molar-refractivity contribution in [1.82, 2.24) is 0 Å². The Bertz CT molecular complexity index is 657. The molecule has 0 saturated carbocycles. The van der Waals surface area contributed by atoms with Gasteiger partial charge >= 0.3 is 0 Å². The molecule has 1 N–H and O–H groups in total. The lowest BCUT2D eigenvalue weighted by Gasteiger charge is -2.08. The molecule has 0 unspecified atom stereocenters. The van der Waals surface area contributed by atoms with E-state index in [4.69, 9.17) is 21.2 Å². The molecule has 0 aliphatic carbocycles. The molecule has 0 aromatic heterocycles. The Balaban J connectivity index is 1.81. The molecule has 0 radical (unpaired) electrons. The average Bonchev–Trinajstić information content (AvgIpc) is 2.54. The maximum atomic E-state index is 11.8. The Labute approximate surface area is 133 Å². The van der Waals surface area contributed by atoms with Gasteiger partial charge in [0.2, 0.25) is 0 Å². The lowest BCUT2D eigenvalue weighted by Crippen LogP contribution is -2.17. The number of hydrogen-bond donors (Lipinski definition) is 1. The van der Waals surface area contributed by atoms with Crippen LogP contribution in [-0.4, -0.2) is 25.8 Å². The number of carbonyl (C=O) groups is 1. The third-order valence-electron chi connectivity index (χ3n) is 2.72. The van der Waals surface area contributed by atoms with Crippen molar-refractivity contribution >= 4 is 29.4 Å². The van der Waals surface area contributed by atoms with E-state index in [1.165, 1.54) is 13.3 Å². The third-order valence-corrected chi connectivity index (χ3v) is 2.97. The number of ether oxygens (including phenoxy) is 1. The summed E-state index contributed by atoms with van der Waals surface area (Å²) in [5, 5.41) is 7.07. The standard InChI is InChI=1S/C16H15ClN2O3/c1-21-15-5-3-2-4-14(15)19-16(20)11-22-18-10-12-6-8-13(17)9-7-12/h2-10H,11H2,1H3,(H,19,20)/b18-10+. The van der Waals surface area contributed by atoms with Crippen molar-refractivity contribution < 1.29 is 14.4 Å². The molecule has 114 valence electrons. The van der Waals surface area contributed by atoms with Crippen molar-refractivity contribution in [3.63, 3.8) is 0 Å². The summed E-state index contributed by atoms with van der Waals surface area (Å²) in [6.07, 6.45) is 1.51. The van der Waals surface area contributed by atoms with E-state index in [0.29, 0.717) is 16.5 Å². The summed E-state index contributed by atoms with van der Waals surface area (Å²) in [7, 11) is 1.54. The first-order valence-electron chi connectivity index (χ1n) is 6.53. The Morgan fingerprint density at radius 2 is 1.95 bits per heavy atom. The highest BCUT2D eigenvalue weighted by Gasteiger charge is 2.06. The van der Waals surface area contributed by atoms with Gasteiger partial charge in [0.25, 0.3) is 5.91 Å². The van der Waals surface area contributed by atoms with Crippen LogP contribution in [0.25, 0.3) is 0 Å². The van der Waals surface area contributed by atoms with Crippen LogP contribution in [0.15, 0.2) is 53.7 Å². The van der Waals surface area contributed by atoms with Gasteiger partial charge in [-0.3, -0.25) is 4.79 Å². The van der Waals surface area contributed by atoms with Gasteiger partial charge in [-0.1, -0.05) is 41.0 Å². The van der Waals surface area contributed by atoms with Crippen LogP contribution in [0.3, 0.4) is 0 Å². The normalized spacial score (nSPS) is 10.5. The lowest BCUT2D eigenvalue weighted by atomic mass is 10.2. The molecule has 0 aliphatic rings. The van der Waals surface area contributed by atoms with Crippen molar-refractivity contribution in [1.29, 1.82) is 0 Å². The molecule has 0 bridgehead atoms. The van der Waals surface area contributed by atoms with Gasteiger partial charge in [-0.15, -0.1) is 0 Å². The summed E-state index contributed by atoms with van der Waals surface area (Å²) in [6.45, 7) is -0.192. The maximum Gasteiger partial charge on any atom is 0.265 e. The minimum Gasteiger partial charge on any atom is -0.495 e. The minimum absolute atomic E-state index is 0.192. The number of halogens is 1. The van der Waals surface area contributed by atoms with E-state index >= 15 is 0 Å². The Kier molecular flexibility index (Phi) is 5.80. The van der Waals surface area contributed by atoms with Crippen LogP contribution in [0, 0.1) is 0 Å². The highest BCUT2D eigenvalue weighted by Crippen LogP contribution is 2.22. The van der Waals surface area contributed by atoms with E-state index < -0.39 is 0 Å². The van der Waals surface area contributed by atoms with Crippen LogP contribution in [0.1, 0.15) is 5.56 Å². The smallest absolute Gasteiger partial charge is 0.265 e. The van der Waals surface area contributed by atoms with Crippen molar-refractivity contribution in [3.8, 4) is 5.75 Å². The number of rotatable bonds is 6. The summed E-state index contributed by atoms with van der Waals surface area (Å²) in [4.78, 5) is 16.7. The molecule has 0 heterocycles. The van der Waals surface area contributed by atoms with Crippen molar-refractivity contribution in [2.75, 3.05) is 19.0 Å². The van der Waals surface area contributed by atoms with E-state index in [-0.39, 0.29) is 12.5 Å². The molecule has 0 fully saturated rings. The molecular weight excluding hydrogens is 304 g/mol. The van der Waals surface area contributed by atoms with E-state index in [0.717, 1.165) is 5.56 Å². The number of nitrogens with one attached hydrogen (secondary N) is 1. The van der Waals surface area contributed by atoms with E-state index in [2.05, 4.69) is 10.5 Å². The van der Waals surface area contributed by atoms with Gasteiger partial charge in [0.15, 0.2) is 6.61 Å². The molecule has 0 saturated heterocycles. The number of nitrogens with zero attached hydrogens (tertiary/aromatic N) is 1. The molecular formula is C16H15ClN2O3. The Morgan fingerprint density at radius 3 is 2.68 bits per heavy atom. The molecule has 2 rings (SSSR count). The fourth-order valence-electron chi connectivity index (χ4n) is 1.68. The summed E-state index contributed by atoms with van der Waals surface area (Å²) in [5.41, 5.74) is 1.41. The summed E-state index contributed by atoms with van der Waals surface area (Å²) >= 11 is 5.78. The number of anilines is 1. The van der Waals surface area contributed by atoms with Gasteiger partial charge in [-0.2, -0.15) is 0 Å². The Morgan fingerprint density at radius 1 is 1.23 bits per heavy atom. The second-order valence-corrected chi connectivity index (χ2v) is 4.74. The van der Waals surface area contributed by atoms with E-state index in [1.54, 1.807) is 42.5 Å². The molecule has 22 heavy (non-hydrogen) atoms. The first-order valence-corrected chi connectivity index (χ1v) is 6.90. The third kappa shape index (κ3) is 4.79. The first kappa shape index (κ1) is 15.9. The lowest BCUT2D eigenvalue weighted by molar-refractivity contribution is -0.120. The van der Waals surface area contributed by atoms with Crippen molar-refractivity contribution in [3.05, 3.63) is 59.1 Å². The maximum absolute atomic E-state index is 11.8. The molecule has 6 heteroatoms. The number of methoxy groups -OCH3 is 1. The fraction of sp³-hybridized carbons (Fsp3) is 0.125. The van der Waals surface area contributed by atoms with Gasteiger partial charge in [0.05, 0.1) is 19.0 Å². The largest absolute Gasteiger partial charge is 0.495 e. The highest BCUT2D eigenvalue weighted by molar-refractivity contribution is 6.30. The summed E-state index contributed by atoms with van der Waals surface area (Å²) in [5.74, 6) is 0.262. The SMILES string of the molecule is COc1ccccc1NC(=O)CO/N=C/c1ccc(Cl)cc1. The molecule has 1 amide bonds. The van der Waals surface area contributed by atoms with E-state index in [1.807, 2.05) is 6.07 Å². The zero-order chi connectivity index (χ0) is 15.8. The summed E-state index contributed by atoms with van der Waals surface area (Å²) < 4.78 is 5.14.